The molecule has 2 atom stereocenters. The molecule has 1 aliphatic heterocycles. The van der Waals surface area contributed by atoms with Crippen molar-refractivity contribution in [1.82, 2.24) is 0 Å². The number of amides is 2. The minimum absolute atomic E-state index is 0.0738. The first-order valence-corrected chi connectivity index (χ1v) is 7.63. The van der Waals surface area contributed by atoms with E-state index < -0.39 is 18.0 Å². The Morgan fingerprint density at radius 2 is 1.96 bits per heavy atom. The molecule has 0 spiro atoms. The molecule has 0 unspecified atom stereocenters. The van der Waals surface area contributed by atoms with Crippen molar-refractivity contribution in [2.45, 2.75) is 31.9 Å². The predicted octanol–water partition coefficient (Wildman–Crippen LogP) is 3.34. The zero-order chi connectivity index (χ0) is 16.6. The van der Waals surface area contributed by atoms with Gasteiger partial charge >= 0.3 is 6.18 Å². The fourth-order valence-corrected chi connectivity index (χ4v) is 3.36. The van der Waals surface area contributed by atoms with Gasteiger partial charge in [0.2, 0.25) is 11.8 Å². The molecule has 1 heterocycles. The molecular formula is C16H17F3N2O2. The number of para-hydroxylation sites is 2. The topological polar surface area (TPSA) is 49.4 Å². The number of alkyl halides is 3. The van der Waals surface area contributed by atoms with Gasteiger partial charge in [0.25, 0.3) is 0 Å². The highest BCUT2D eigenvalue weighted by atomic mass is 19.4. The lowest BCUT2D eigenvalue weighted by molar-refractivity contribution is -0.186. The summed E-state index contributed by atoms with van der Waals surface area (Å²) in [6, 6.07) is 6.83. The van der Waals surface area contributed by atoms with Gasteiger partial charge in [-0.3, -0.25) is 9.59 Å². The molecule has 1 N–H and O–H groups in total. The highest BCUT2D eigenvalue weighted by Crippen LogP contribution is 2.41. The Hall–Kier alpha value is -2.05. The Kier molecular flexibility index (Phi) is 4.04. The molecule has 2 aliphatic rings. The second kappa shape index (κ2) is 5.86. The zero-order valence-corrected chi connectivity index (χ0v) is 12.4. The van der Waals surface area contributed by atoms with E-state index in [-0.39, 0.29) is 31.2 Å². The lowest BCUT2D eigenvalue weighted by Crippen LogP contribution is -2.46. The van der Waals surface area contributed by atoms with Crippen molar-refractivity contribution in [3.8, 4) is 0 Å². The third-order valence-electron chi connectivity index (χ3n) is 4.52. The molecule has 0 aromatic heterocycles. The first-order valence-electron chi connectivity index (χ1n) is 7.63. The first-order chi connectivity index (χ1) is 10.9. The normalized spacial score (nSPS) is 24.8. The summed E-state index contributed by atoms with van der Waals surface area (Å²) in [7, 11) is 0. The standard InChI is InChI=1S/C16H17F3N2O2/c17-16(18,19)11-5-3-4-10(8-11)15(23)21-9-14(22)20-12-6-1-2-7-13(12)21/h1-2,6-7,10-11H,3-5,8-9H2,(H,20,22)/t10-,11-/m1/s1. The summed E-state index contributed by atoms with van der Waals surface area (Å²) in [5.74, 6) is -2.84. The molecule has 3 rings (SSSR count). The van der Waals surface area contributed by atoms with E-state index in [1.165, 1.54) is 4.90 Å². The van der Waals surface area contributed by atoms with E-state index in [0.717, 1.165) is 0 Å². The van der Waals surface area contributed by atoms with E-state index in [0.29, 0.717) is 24.2 Å². The Balaban J connectivity index is 1.82. The van der Waals surface area contributed by atoms with Gasteiger partial charge in [0, 0.05) is 5.92 Å². The molecule has 2 amide bonds. The number of hydrogen-bond donors (Lipinski definition) is 1. The van der Waals surface area contributed by atoms with Crippen LogP contribution in [0.1, 0.15) is 25.7 Å². The third kappa shape index (κ3) is 3.18. The van der Waals surface area contributed by atoms with Gasteiger partial charge in [-0.25, -0.2) is 0 Å². The lowest BCUT2D eigenvalue weighted by Gasteiger charge is -2.35. The second-order valence-corrected chi connectivity index (χ2v) is 6.09. The lowest BCUT2D eigenvalue weighted by atomic mass is 9.80. The van der Waals surface area contributed by atoms with Gasteiger partial charge in [-0.05, 0) is 31.4 Å². The Labute approximate surface area is 131 Å². The number of halogens is 3. The van der Waals surface area contributed by atoms with Gasteiger partial charge < -0.3 is 10.2 Å². The average molecular weight is 326 g/mol. The maximum absolute atomic E-state index is 12.9. The van der Waals surface area contributed by atoms with Gasteiger partial charge in [-0.15, -0.1) is 0 Å². The molecule has 1 fully saturated rings. The molecule has 0 radical (unpaired) electrons. The second-order valence-electron chi connectivity index (χ2n) is 6.09. The van der Waals surface area contributed by atoms with Crippen LogP contribution in [0, 0.1) is 11.8 Å². The van der Waals surface area contributed by atoms with Crippen LogP contribution >= 0.6 is 0 Å². The van der Waals surface area contributed by atoms with E-state index in [9.17, 15) is 22.8 Å². The van der Waals surface area contributed by atoms with Crippen LogP contribution in [-0.2, 0) is 9.59 Å². The molecule has 1 aromatic carbocycles. The third-order valence-corrected chi connectivity index (χ3v) is 4.52. The summed E-state index contributed by atoms with van der Waals surface area (Å²) in [5, 5.41) is 2.67. The fraction of sp³-hybridized carbons (Fsp3) is 0.500. The number of nitrogens with zero attached hydrogens (tertiary/aromatic N) is 1. The van der Waals surface area contributed by atoms with Crippen molar-refractivity contribution in [1.29, 1.82) is 0 Å². The predicted molar refractivity (Wildman–Crippen MR) is 78.9 cm³/mol. The Morgan fingerprint density at radius 3 is 2.70 bits per heavy atom. The monoisotopic (exact) mass is 326 g/mol. The maximum atomic E-state index is 12.9. The van der Waals surface area contributed by atoms with Crippen LogP contribution in [0.2, 0.25) is 0 Å². The number of fused-ring (bicyclic) bond motifs is 1. The number of benzene rings is 1. The van der Waals surface area contributed by atoms with E-state index >= 15 is 0 Å². The van der Waals surface area contributed by atoms with Crippen molar-refractivity contribution >= 4 is 23.2 Å². The number of carbonyl (C=O) groups excluding carboxylic acids is 2. The van der Waals surface area contributed by atoms with Gasteiger partial charge in [0.05, 0.1) is 17.3 Å². The molecular weight excluding hydrogens is 309 g/mol. The summed E-state index contributed by atoms with van der Waals surface area (Å²) in [6.45, 7) is -0.150. The molecule has 7 heteroatoms. The highest BCUT2D eigenvalue weighted by molar-refractivity contribution is 6.10. The number of nitrogens with one attached hydrogen (secondary N) is 1. The van der Waals surface area contributed by atoms with Crippen molar-refractivity contribution in [3.63, 3.8) is 0 Å². The number of rotatable bonds is 1. The van der Waals surface area contributed by atoms with Gasteiger partial charge in [-0.2, -0.15) is 13.2 Å². The van der Waals surface area contributed by atoms with Crippen LogP contribution in [0.15, 0.2) is 24.3 Å². The zero-order valence-electron chi connectivity index (χ0n) is 12.4. The molecule has 1 saturated carbocycles. The molecule has 4 nitrogen and oxygen atoms in total. The van der Waals surface area contributed by atoms with E-state index in [4.69, 9.17) is 0 Å². The van der Waals surface area contributed by atoms with Crippen LogP contribution in [0.25, 0.3) is 0 Å². The summed E-state index contributed by atoms with van der Waals surface area (Å²) >= 11 is 0. The largest absolute Gasteiger partial charge is 0.391 e. The summed E-state index contributed by atoms with van der Waals surface area (Å²) in [4.78, 5) is 25.8. The van der Waals surface area contributed by atoms with Crippen LogP contribution in [0.3, 0.4) is 0 Å². The maximum Gasteiger partial charge on any atom is 0.391 e. The van der Waals surface area contributed by atoms with Gasteiger partial charge in [0.1, 0.15) is 6.54 Å². The Morgan fingerprint density at radius 1 is 1.22 bits per heavy atom. The van der Waals surface area contributed by atoms with Crippen LogP contribution < -0.4 is 10.2 Å². The van der Waals surface area contributed by atoms with Crippen molar-refractivity contribution < 1.29 is 22.8 Å². The van der Waals surface area contributed by atoms with Gasteiger partial charge in [-0.1, -0.05) is 18.6 Å². The van der Waals surface area contributed by atoms with Crippen molar-refractivity contribution in [2.75, 3.05) is 16.8 Å². The van der Waals surface area contributed by atoms with Crippen molar-refractivity contribution in [2.24, 2.45) is 11.8 Å². The summed E-state index contributed by atoms with van der Waals surface area (Å²) < 4.78 is 38.8. The SMILES string of the molecule is O=C1CN(C(=O)[C@@H]2CCC[C@@H](C(F)(F)F)C2)c2ccccc2N1. The Bertz CT molecular complexity index is 630. The number of carbonyl (C=O) groups is 2. The molecule has 0 saturated heterocycles. The minimum Gasteiger partial charge on any atom is -0.323 e. The fourth-order valence-electron chi connectivity index (χ4n) is 3.36. The molecule has 124 valence electrons. The number of hydrogen-bond acceptors (Lipinski definition) is 2. The van der Waals surface area contributed by atoms with Crippen molar-refractivity contribution in [3.05, 3.63) is 24.3 Å². The number of anilines is 2. The van der Waals surface area contributed by atoms with E-state index in [2.05, 4.69) is 5.32 Å². The van der Waals surface area contributed by atoms with E-state index in [1.54, 1.807) is 24.3 Å². The van der Waals surface area contributed by atoms with Crippen LogP contribution in [0.5, 0.6) is 0 Å². The smallest absolute Gasteiger partial charge is 0.323 e. The quantitative estimate of drug-likeness (QED) is 0.860. The molecule has 23 heavy (non-hydrogen) atoms. The minimum atomic E-state index is -4.27. The molecule has 1 aromatic rings. The highest BCUT2D eigenvalue weighted by Gasteiger charge is 2.44. The molecule has 0 bridgehead atoms. The van der Waals surface area contributed by atoms with Gasteiger partial charge in [0.15, 0.2) is 0 Å². The van der Waals surface area contributed by atoms with Crippen LogP contribution in [-0.4, -0.2) is 24.5 Å². The average Bonchev–Trinajstić information content (AvgIpc) is 2.52. The summed E-state index contributed by atoms with van der Waals surface area (Å²) in [5.41, 5.74) is 1.06. The molecule has 1 aliphatic carbocycles. The van der Waals surface area contributed by atoms with E-state index in [1.807, 2.05) is 0 Å². The summed E-state index contributed by atoms with van der Waals surface area (Å²) in [6.07, 6.45) is -3.57. The first kappa shape index (κ1) is 15.8. The van der Waals surface area contributed by atoms with Crippen LogP contribution in [0.4, 0.5) is 24.5 Å².